The third-order valence-electron chi connectivity index (χ3n) is 4.71. The van der Waals surface area contributed by atoms with Gasteiger partial charge in [0, 0.05) is 18.1 Å². The average Bonchev–Trinajstić information content (AvgIpc) is 3.02. The minimum absolute atomic E-state index is 0.0615. The summed E-state index contributed by atoms with van der Waals surface area (Å²) in [7, 11) is -2.55. The number of hydrazine groups is 1. The van der Waals surface area contributed by atoms with Crippen molar-refractivity contribution >= 4 is 15.9 Å². The molecular formula is C22H28N2O7S. The first kappa shape index (κ1) is 23.7. The Morgan fingerprint density at radius 1 is 1.06 bits per heavy atom. The van der Waals surface area contributed by atoms with Crippen LogP contribution in [0.3, 0.4) is 0 Å². The molecule has 1 aliphatic heterocycles. The molecule has 1 aliphatic rings. The standard InChI is InChI=1S/C22H28N2O7S/c1-15(2)9-12-31-18-7-5-16(13-20(18)28-3)22(25)23-24-32(26,27)17-6-8-19-21(14-17)30-11-4-10-29-19/h5-8,13-15,24H,4,9-12H2,1-3H3,(H,23,25). The molecule has 0 unspecified atom stereocenters. The van der Waals surface area contributed by atoms with Crippen LogP contribution in [0.5, 0.6) is 23.0 Å². The minimum Gasteiger partial charge on any atom is -0.493 e. The van der Waals surface area contributed by atoms with E-state index in [2.05, 4.69) is 24.1 Å². The molecule has 32 heavy (non-hydrogen) atoms. The summed E-state index contributed by atoms with van der Waals surface area (Å²) in [6.45, 7) is 5.65. The SMILES string of the molecule is COc1cc(C(=O)NNS(=O)(=O)c2ccc3c(c2)OCCCO3)ccc1OCCC(C)C. The Balaban J connectivity index is 1.66. The van der Waals surface area contributed by atoms with E-state index in [-0.39, 0.29) is 10.5 Å². The first-order chi connectivity index (χ1) is 15.3. The van der Waals surface area contributed by atoms with Crippen LogP contribution in [0.25, 0.3) is 0 Å². The molecule has 1 amide bonds. The summed E-state index contributed by atoms with van der Waals surface area (Å²) in [4.78, 5) is 14.5. The van der Waals surface area contributed by atoms with Crippen LogP contribution in [0, 0.1) is 5.92 Å². The van der Waals surface area contributed by atoms with Crippen LogP contribution in [0.1, 0.15) is 37.0 Å². The summed E-state index contributed by atoms with van der Waals surface area (Å²) in [5.41, 5.74) is 2.42. The Morgan fingerprint density at radius 3 is 2.53 bits per heavy atom. The largest absolute Gasteiger partial charge is 0.493 e. The number of hydrogen-bond donors (Lipinski definition) is 2. The molecule has 174 valence electrons. The van der Waals surface area contributed by atoms with E-state index in [1.54, 1.807) is 6.07 Å². The van der Waals surface area contributed by atoms with Gasteiger partial charge in [0.2, 0.25) is 0 Å². The van der Waals surface area contributed by atoms with Crippen LogP contribution in [0.15, 0.2) is 41.3 Å². The second-order valence-corrected chi connectivity index (χ2v) is 9.30. The fourth-order valence-electron chi connectivity index (χ4n) is 2.89. The van der Waals surface area contributed by atoms with E-state index in [0.717, 1.165) is 6.42 Å². The number of methoxy groups -OCH3 is 1. The molecule has 0 bridgehead atoms. The van der Waals surface area contributed by atoms with Gasteiger partial charge in [0.05, 0.1) is 31.8 Å². The van der Waals surface area contributed by atoms with Crippen molar-refractivity contribution in [2.75, 3.05) is 26.9 Å². The Labute approximate surface area is 188 Å². The lowest BCUT2D eigenvalue weighted by molar-refractivity contribution is 0.0944. The van der Waals surface area contributed by atoms with Crippen molar-refractivity contribution < 1.29 is 32.2 Å². The fourth-order valence-corrected chi connectivity index (χ4v) is 3.74. The van der Waals surface area contributed by atoms with Gasteiger partial charge in [-0.2, -0.15) is 0 Å². The lowest BCUT2D eigenvalue weighted by Gasteiger charge is -2.14. The van der Waals surface area contributed by atoms with E-state index in [9.17, 15) is 13.2 Å². The molecule has 2 aromatic carbocycles. The molecule has 0 radical (unpaired) electrons. The second kappa shape index (κ2) is 10.6. The Bertz CT molecular complexity index is 1050. The molecule has 0 aliphatic carbocycles. The van der Waals surface area contributed by atoms with E-state index >= 15 is 0 Å². The molecule has 2 aromatic rings. The fraction of sp³-hybridized carbons (Fsp3) is 0.409. The predicted molar refractivity (Wildman–Crippen MR) is 118 cm³/mol. The van der Waals surface area contributed by atoms with Crippen molar-refractivity contribution in [1.29, 1.82) is 0 Å². The average molecular weight is 465 g/mol. The van der Waals surface area contributed by atoms with Crippen molar-refractivity contribution in [3.63, 3.8) is 0 Å². The number of ether oxygens (including phenoxy) is 4. The highest BCUT2D eigenvalue weighted by molar-refractivity contribution is 7.89. The van der Waals surface area contributed by atoms with Gasteiger partial charge in [0.25, 0.3) is 15.9 Å². The van der Waals surface area contributed by atoms with Crippen molar-refractivity contribution in [2.45, 2.75) is 31.6 Å². The van der Waals surface area contributed by atoms with Crippen molar-refractivity contribution in [2.24, 2.45) is 5.92 Å². The van der Waals surface area contributed by atoms with Gasteiger partial charge in [-0.05, 0) is 42.7 Å². The van der Waals surface area contributed by atoms with Crippen LogP contribution in [-0.4, -0.2) is 41.3 Å². The topological polar surface area (TPSA) is 112 Å². The van der Waals surface area contributed by atoms with E-state index in [4.69, 9.17) is 18.9 Å². The lowest BCUT2D eigenvalue weighted by Crippen LogP contribution is -2.41. The lowest BCUT2D eigenvalue weighted by atomic mass is 10.1. The van der Waals surface area contributed by atoms with Gasteiger partial charge in [-0.15, -0.1) is 4.83 Å². The monoisotopic (exact) mass is 464 g/mol. The maximum absolute atomic E-state index is 12.6. The van der Waals surface area contributed by atoms with Crippen LogP contribution >= 0.6 is 0 Å². The van der Waals surface area contributed by atoms with Crippen molar-refractivity contribution in [3.8, 4) is 23.0 Å². The molecule has 0 spiro atoms. The number of sulfonamides is 1. The zero-order chi connectivity index (χ0) is 23.1. The van der Waals surface area contributed by atoms with Crippen LogP contribution in [-0.2, 0) is 10.0 Å². The first-order valence-corrected chi connectivity index (χ1v) is 11.8. The molecular weight excluding hydrogens is 436 g/mol. The highest BCUT2D eigenvalue weighted by atomic mass is 32.2. The molecule has 3 rings (SSSR count). The van der Waals surface area contributed by atoms with E-state index in [1.807, 2.05) is 0 Å². The second-order valence-electron chi connectivity index (χ2n) is 7.62. The zero-order valence-corrected chi connectivity index (χ0v) is 19.2. The molecule has 10 heteroatoms. The maximum Gasteiger partial charge on any atom is 0.266 e. The zero-order valence-electron chi connectivity index (χ0n) is 18.3. The van der Waals surface area contributed by atoms with Gasteiger partial charge in [0.15, 0.2) is 23.0 Å². The highest BCUT2D eigenvalue weighted by Crippen LogP contribution is 2.32. The molecule has 2 N–H and O–H groups in total. The van der Waals surface area contributed by atoms with Gasteiger partial charge < -0.3 is 18.9 Å². The third kappa shape index (κ3) is 6.04. The normalized spacial score (nSPS) is 13.4. The third-order valence-corrected chi connectivity index (χ3v) is 5.95. The molecule has 0 saturated heterocycles. The minimum atomic E-state index is -4.03. The number of fused-ring (bicyclic) bond motifs is 1. The number of benzene rings is 2. The van der Waals surface area contributed by atoms with E-state index < -0.39 is 15.9 Å². The molecule has 0 atom stereocenters. The summed E-state index contributed by atoms with van der Waals surface area (Å²) in [6.07, 6.45) is 1.59. The Morgan fingerprint density at radius 2 is 1.81 bits per heavy atom. The van der Waals surface area contributed by atoms with Gasteiger partial charge in [-0.3, -0.25) is 10.2 Å². The maximum atomic E-state index is 12.6. The van der Waals surface area contributed by atoms with Crippen LogP contribution in [0.4, 0.5) is 0 Å². The Kier molecular flexibility index (Phi) is 7.81. The number of nitrogens with one attached hydrogen (secondary N) is 2. The molecule has 0 saturated carbocycles. The summed E-state index contributed by atoms with van der Waals surface area (Å²) in [6, 6.07) is 8.91. The van der Waals surface area contributed by atoms with Crippen LogP contribution < -0.4 is 29.2 Å². The Hall–Kier alpha value is -2.98. The quantitative estimate of drug-likeness (QED) is 0.549. The molecule has 0 aromatic heterocycles. The van der Waals surface area contributed by atoms with Gasteiger partial charge in [0.1, 0.15) is 0 Å². The predicted octanol–water partition coefficient (Wildman–Crippen LogP) is 2.90. The highest BCUT2D eigenvalue weighted by Gasteiger charge is 2.20. The summed E-state index contributed by atoms with van der Waals surface area (Å²) in [5.74, 6) is 1.57. The van der Waals surface area contributed by atoms with Crippen LogP contribution in [0.2, 0.25) is 0 Å². The summed E-state index contributed by atoms with van der Waals surface area (Å²) >= 11 is 0. The molecule has 9 nitrogen and oxygen atoms in total. The number of hydrogen-bond acceptors (Lipinski definition) is 7. The summed E-state index contributed by atoms with van der Waals surface area (Å²) in [5, 5.41) is 0. The molecule has 1 heterocycles. The van der Waals surface area contributed by atoms with Gasteiger partial charge >= 0.3 is 0 Å². The number of carbonyl (C=O) groups is 1. The van der Waals surface area contributed by atoms with Gasteiger partial charge in [-0.1, -0.05) is 13.8 Å². The summed E-state index contributed by atoms with van der Waals surface area (Å²) < 4.78 is 47.3. The van der Waals surface area contributed by atoms with Gasteiger partial charge in [-0.25, -0.2) is 8.42 Å². The van der Waals surface area contributed by atoms with Crippen molar-refractivity contribution in [1.82, 2.24) is 10.3 Å². The smallest absolute Gasteiger partial charge is 0.266 e. The number of carbonyl (C=O) groups excluding carboxylic acids is 1. The number of amides is 1. The number of rotatable bonds is 9. The van der Waals surface area contributed by atoms with E-state index in [1.165, 1.54) is 37.4 Å². The van der Waals surface area contributed by atoms with E-state index in [0.29, 0.717) is 55.2 Å². The van der Waals surface area contributed by atoms with Crippen molar-refractivity contribution in [3.05, 3.63) is 42.0 Å². The first-order valence-electron chi connectivity index (χ1n) is 10.3. The molecule has 0 fully saturated rings.